The van der Waals surface area contributed by atoms with E-state index in [0.717, 1.165) is 32.1 Å². The third-order valence-electron chi connectivity index (χ3n) is 5.52. The summed E-state index contributed by atoms with van der Waals surface area (Å²) in [5.74, 6) is 0.539. The summed E-state index contributed by atoms with van der Waals surface area (Å²) in [5.41, 5.74) is 0. The van der Waals surface area contributed by atoms with Crippen LogP contribution in [0.2, 0.25) is 0 Å². The van der Waals surface area contributed by atoms with E-state index in [1.165, 1.54) is 25.7 Å². The number of nitrogens with zero attached hydrogens (tertiary/aromatic N) is 1. The quantitative estimate of drug-likeness (QED) is 0.861. The number of carboxylic acids is 1. The topological polar surface area (TPSA) is 57.6 Å². The Morgan fingerprint density at radius 1 is 0.900 bits per heavy atom. The van der Waals surface area contributed by atoms with Crippen molar-refractivity contribution in [3.05, 3.63) is 0 Å². The number of hydrogen-bond donors (Lipinski definition) is 1. The van der Waals surface area contributed by atoms with Gasteiger partial charge in [-0.25, -0.2) is 0 Å². The van der Waals surface area contributed by atoms with Gasteiger partial charge in [0, 0.05) is 24.9 Å². The minimum absolute atomic E-state index is 0.275. The zero-order valence-electron chi connectivity index (χ0n) is 12.1. The van der Waals surface area contributed by atoms with Gasteiger partial charge >= 0.3 is 5.97 Å². The van der Waals surface area contributed by atoms with Crippen molar-refractivity contribution in [2.24, 2.45) is 11.8 Å². The lowest BCUT2D eigenvalue weighted by Gasteiger charge is -2.39. The molecule has 2 aliphatic heterocycles. The molecule has 2 saturated heterocycles. The van der Waals surface area contributed by atoms with Crippen LogP contribution in [0.4, 0.5) is 0 Å². The molecule has 0 aromatic heterocycles. The van der Waals surface area contributed by atoms with Crippen LogP contribution in [0.25, 0.3) is 0 Å². The Balaban J connectivity index is 1.58. The molecule has 4 heteroatoms. The molecule has 1 N–H and O–H groups in total. The fourth-order valence-electron chi connectivity index (χ4n) is 4.68. The van der Waals surface area contributed by atoms with Gasteiger partial charge in [0.05, 0.1) is 0 Å². The predicted octanol–water partition coefficient (Wildman–Crippen LogP) is 2.81. The van der Waals surface area contributed by atoms with Crippen molar-refractivity contribution in [1.82, 2.24) is 4.90 Å². The highest BCUT2D eigenvalue weighted by molar-refractivity contribution is 5.77. The van der Waals surface area contributed by atoms with E-state index in [0.29, 0.717) is 23.9 Å². The summed E-state index contributed by atoms with van der Waals surface area (Å²) in [6.07, 6.45) is 9.98. The van der Waals surface area contributed by atoms with E-state index >= 15 is 0 Å². The first-order valence-corrected chi connectivity index (χ1v) is 8.16. The molecule has 3 fully saturated rings. The van der Waals surface area contributed by atoms with Crippen LogP contribution in [0, 0.1) is 11.8 Å². The first kappa shape index (κ1) is 13.9. The van der Waals surface area contributed by atoms with Crippen molar-refractivity contribution < 1.29 is 14.7 Å². The Morgan fingerprint density at radius 3 is 2.05 bits per heavy atom. The van der Waals surface area contributed by atoms with Crippen LogP contribution in [0.15, 0.2) is 0 Å². The molecule has 0 aromatic rings. The molecule has 0 aromatic carbocycles. The minimum atomic E-state index is -0.694. The number of fused-ring (bicyclic) bond motifs is 2. The van der Waals surface area contributed by atoms with Gasteiger partial charge in [-0.2, -0.15) is 0 Å². The van der Waals surface area contributed by atoms with Gasteiger partial charge in [-0.1, -0.05) is 12.8 Å². The molecule has 1 aliphatic carbocycles. The molecule has 2 bridgehead atoms. The van der Waals surface area contributed by atoms with Crippen molar-refractivity contribution in [3.8, 4) is 0 Å². The highest BCUT2D eigenvalue weighted by Crippen LogP contribution is 2.41. The summed E-state index contributed by atoms with van der Waals surface area (Å²) in [7, 11) is 0. The van der Waals surface area contributed by atoms with E-state index < -0.39 is 5.97 Å². The van der Waals surface area contributed by atoms with Gasteiger partial charge < -0.3 is 10.0 Å². The third kappa shape index (κ3) is 2.84. The number of rotatable bonds is 4. The highest BCUT2D eigenvalue weighted by atomic mass is 16.4. The van der Waals surface area contributed by atoms with Crippen molar-refractivity contribution in [1.29, 1.82) is 0 Å². The maximum absolute atomic E-state index is 12.6. The van der Waals surface area contributed by atoms with Gasteiger partial charge in [0.15, 0.2) is 0 Å². The van der Waals surface area contributed by atoms with Gasteiger partial charge in [0.2, 0.25) is 5.91 Å². The maximum Gasteiger partial charge on any atom is 0.303 e. The SMILES string of the molecule is O=C(O)CC1CC2CCC(C1)N2C(=O)CC1CCCC1. The Bertz CT molecular complexity index is 375. The van der Waals surface area contributed by atoms with E-state index in [2.05, 4.69) is 4.90 Å². The van der Waals surface area contributed by atoms with Gasteiger partial charge in [0.1, 0.15) is 0 Å². The number of piperidine rings is 1. The fraction of sp³-hybridized carbons (Fsp3) is 0.875. The van der Waals surface area contributed by atoms with Gasteiger partial charge in [-0.15, -0.1) is 0 Å². The number of aliphatic carboxylic acids is 1. The molecular weight excluding hydrogens is 254 g/mol. The van der Waals surface area contributed by atoms with Gasteiger partial charge in [-0.05, 0) is 50.4 Å². The lowest BCUT2D eigenvalue weighted by molar-refractivity contribution is -0.140. The monoisotopic (exact) mass is 279 g/mol. The Morgan fingerprint density at radius 2 is 1.50 bits per heavy atom. The molecular formula is C16H25NO3. The molecule has 20 heavy (non-hydrogen) atoms. The normalized spacial score (nSPS) is 33.6. The number of carboxylic acid groups (broad SMARTS) is 1. The molecule has 1 saturated carbocycles. The molecule has 112 valence electrons. The molecule has 2 unspecified atom stereocenters. The number of amides is 1. The molecule has 4 nitrogen and oxygen atoms in total. The van der Waals surface area contributed by atoms with Crippen molar-refractivity contribution in [2.75, 3.05) is 0 Å². The van der Waals surface area contributed by atoms with Crippen LogP contribution < -0.4 is 0 Å². The van der Waals surface area contributed by atoms with Gasteiger partial charge in [0.25, 0.3) is 0 Å². The smallest absolute Gasteiger partial charge is 0.303 e. The Labute approximate surface area is 120 Å². The molecule has 0 spiro atoms. The zero-order chi connectivity index (χ0) is 14.1. The predicted molar refractivity (Wildman–Crippen MR) is 75.2 cm³/mol. The lowest BCUT2D eigenvalue weighted by Crippen LogP contribution is -2.47. The van der Waals surface area contributed by atoms with Crippen molar-refractivity contribution in [2.45, 2.75) is 76.3 Å². The average molecular weight is 279 g/mol. The summed E-state index contributed by atoms with van der Waals surface area (Å²) in [5, 5.41) is 8.94. The van der Waals surface area contributed by atoms with Crippen molar-refractivity contribution >= 4 is 11.9 Å². The lowest BCUT2D eigenvalue weighted by atomic mass is 9.87. The Kier molecular flexibility index (Phi) is 3.99. The minimum Gasteiger partial charge on any atom is -0.481 e. The summed E-state index contributed by atoms with van der Waals surface area (Å²) < 4.78 is 0. The average Bonchev–Trinajstić information content (AvgIpc) is 2.95. The van der Waals surface area contributed by atoms with E-state index in [1.807, 2.05) is 0 Å². The van der Waals surface area contributed by atoms with E-state index in [-0.39, 0.29) is 12.3 Å². The number of hydrogen-bond acceptors (Lipinski definition) is 2. The molecule has 3 rings (SSSR count). The molecule has 2 heterocycles. The first-order valence-electron chi connectivity index (χ1n) is 8.16. The number of carbonyl (C=O) groups excluding carboxylic acids is 1. The molecule has 3 aliphatic rings. The molecule has 1 amide bonds. The molecule has 2 atom stereocenters. The largest absolute Gasteiger partial charge is 0.481 e. The van der Waals surface area contributed by atoms with Crippen LogP contribution in [0.1, 0.15) is 64.2 Å². The van der Waals surface area contributed by atoms with Crippen LogP contribution in [0.3, 0.4) is 0 Å². The summed E-state index contributed by atoms with van der Waals surface area (Å²) >= 11 is 0. The Hall–Kier alpha value is -1.06. The van der Waals surface area contributed by atoms with Crippen LogP contribution in [-0.4, -0.2) is 34.0 Å². The summed E-state index contributed by atoms with van der Waals surface area (Å²) in [4.78, 5) is 25.6. The second kappa shape index (κ2) is 5.74. The summed E-state index contributed by atoms with van der Waals surface area (Å²) in [6.45, 7) is 0. The van der Waals surface area contributed by atoms with Crippen LogP contribution in [-0.2, 0) is 9.59 Å². The van der Waals surface area contributed by atoms with E-state index in [9.17, 15) is 9.59 Å². The van der Waals surface area contributed by atoms with Crippen molar-refractivity contribution in [3.63, 3.8) is 0 Å². The van der Waals surface area contributed by atoms with Gasteiger partial charge in [-0.3, -0.25) is 9.59 Å². The first-order chi connectivity index (χ1) is 9.63. The highest BCUT2D eigenvalue weighted by Gasteiger charge is 2.43. The fourth-order valence-corrected chi connectivity index (χ4v) is 4.68. The van der Waals surface area contributed by atoms with Crippen LogP contribution >= 0.6 is 0 Å². The van der Waals surface area contributed by atoms with Crippen LogP contribution in [0.5, 0.6) is 0 Å². The van der Waals surface area contributed by atoms with E-state index in [4.69, 9.17) is 5.11 Å². The zero-order valence-corrected chi connectivity index (χ0v) is 12.1. The van der Waals surface area contributed by atoms with E-state index in [1.54, 1.807) is 0 Å². The third-order valence-corrected chi connectivity index (χ3v) is 5.52. The number of carbonyl (C=O) groups is 2. The molecule has 0 radical (unpaired) electrons. The maximum atomic E-state index is 12.6. The summed E-state index contributed by atoms with van der Waals surface area (Å²) in [6, 6.07) is 0.652. The second-order valence-electron chi connectivity index (χ2n) is 6.98. The second-order valence-corrected chi connectivity index (χ2v) is 6.98. The standard InChI is InChI=1S/C16H25NO3/c18-15(9-11-3-1-2-4-11)17-13-5-6-14(17)8-12(7-13)10-16(19)20/h11-14H,1-10H2,(H,19,20).